The third-order valence-electron chi connectivity index (χ3n) is 1.62. The normalized spacial score (nSPS) is 12.8. The fraction of sp³-hybridized carbons (Fsp3) is 1.00. The lowest BCUT2D eigenvalue weighted by Gasteiger charge is -2.31. The van der Waals surface area contributed by atoms with Crippen molar-refractivity contribution in [2.75, 3.05) is 20.6 Å². The number of hydrogen-bond acceptors (Lipinski definition) is 2. The van der Waals surface area contributed by atoms with E-state index in [4.69, 9.17) is 11.5 Å². The Bertz CT molecular complexity index is 68.1. The van der Waals surface area contributed by atoms with Crippen LogP contribution in [-0.4, -0.2) is 31.4 Å². The summed E-state index contributed by atoms with van der Waals surface area (Å²) in [6.45, 7) is 3.03. The minimum Gasteiger partial charge on any atom is -0.301 e. The van der Waals surface area contributed by atoms with Crippen molar-refractivity contribution in [2.45, 2.75) is 13.2 Å². The Labute approximate surface area is 50.8 Å². The molecule has 0 heterocycles. The third kappa shape index (κ3) is 1.78. The Hall–Kier alpha value is -0.120. The monoisotopic (exact) mass is 118 g/mol. The molecule has 0 aromatic rings. The Morgan fingerprint density at radius 2 is 1.75 bits per heavy atom. The van der Waals surface area contributed by atoms with Gasteiger partial charge in [0, 0.05) is 0 Å². The van der Waals surface area contributed by atoms with Gasteiger partial charge < -0.3 is 4.48 Å². The fourth-order valence-corrected chi connectivity index (χ4v) is 0.211. The fourth-order valence-electron chi connectivity index (χ4n) is 0.211. The number of hydrogen-bond donors (Lipinski definition) is 2. The first kappa shape index (κ1) is 7.88. The number of quaternary nitrogens is 1. The molecule has 0 fully saturated rings. The molecule has 0 aromatic heterocycles. The summed E-state index contributed by atoms with van der Waals surface area (Å²) in [4.78, 5) is 0. The van der Waals surface area contributed by atoms with Crippen molar-refractivity contribution in [3.8, 4) is 0 Å². The molecule has 0 rings (SSSR count). The van der Waals surface area contributed by atoms with Crippen LogP contribution in [0, 0.1) is 0 Å². The van der Waals surface area contributed by atoms with Gasteiger partial charge in [-0.05, 0) is 6.92 Å². The summed E-state index contributed by atoms with van der Waals surface area (Å²) >= 11 is 0. The third-order valence-corrected chi connectivity index (χ3v) is 1.62. The maximum absolute atomic E-state index is 5.43. The first-order valence-corrected chi connectivity index (χ1v) is 2.84. The van der Waals surface area contributed by atoms with Gasteiger partial charge in [0.15, 0.2) is 6.29 Å². The molecule has 0 aliphatic heterocycles. The van der Waals surface area contributed by atoms with Crippen LogP contribution in [0.4, 0.5) is 0 Å². The predicted molar refractivity (Wildman–Crippen MR) is 34.8 cm³/mol. The van der Waals surface area contributed by atoms with E-state index in [1.54, 1.807) is 0 Å². The van der Waals surface area contributed by atoms with Gasteiger partial charge in [0.1, 0.15) is 0 Å². The smallest absolute Gasteiger partial charge is 0.194 e. The maximum Gasteiger partial charge on any atom is 0.194 e. The zero-order chi connectivity index (χ0) is 6.78. The molecule has 0 aliphatic rings. The van der Waals surface area contributed by atoms with E-state index in [1.165, 1.54) is 0 Å². The molecule has 0 unspecified atom stereocenters. The van der Waals surface area contributed by atoms with E-state index in [0.29, 0.717) is 4.48 Å². The molecule has 0 saturated carbocycles. The van der Waals surface area contributed by atoms with Crippen LogP contribution in [0.2, 0.25) is 0 Å². The molecule has 0 aliphatic carbocycles. The van der Waals surface area contributed by atoms with E-state index in [2.05, 4.69) is 6.92 Å². The molecule has 0 saturated heterocycles. The van der Waals surface area contributed by atoms with Crippen LogP contribution in [-0.2, 0) is 0 Å². The van der Waals surface area contributed by atoms with Crippen molar-refractivity contribution >= 4 is 0 Å². The average molecular weight is 118 g/mol. The minimum absolute atomic E-state index is 0.250. The Morgan fingerprint density at radius 1 is 1.38 bits per heavy atom. The largest absolute Gasteiger partial charge is 0.301 e. The van der Waals surface area contributed by atoms with Crippen LogP contribution in [0.5, 0.6) is 0 Å². The molecule has 3 nitrogen and oxygen atoms in total. The van der Waals surface area contributed by atoms with E-state index in [0.717, 1.165) is 6.54 Å². The van der Waals surface area contributed by atoms with Crippen molar-refractivity contribution in [3.05, 3.63) is 0 Å². The second-order valence-electron chi connectivity index (χ2n) is 2.59. The lowest BCUT2D eigenvalue weighted by molar-refractivity contribution is -0.912. The van der Waals surface area contributed by atoms with Gasteiger partial charge in [-0.15, -0.1) is 0 Å². The summed E-state index contributed by atoms with van der Waals surface area (Å²) in [6, 6.07) is 0. The van der Waals surface area contributed by atoms with Gasteiger partial charge in [-0.25, -0.2) is 0 Å². The molecule has 0 amide bonds. The molecule has 0 bridgehead atoms. The molecule has 0 spiro atoms. The molecule has 8 heavy (non-hydrogen) atoms. The molecular formula is C5H16N3+. The SMILES string of the molecule is CC[N+](C)(C)C(N)N. The molecule has 3 heteroatoms. The van der Waals surface area contributed by atoms with Crippen LogP contribution in [0.25, 0.3) is 0 Å². The number of nitrogens with zero attached hydrogens (tertiary/aromatic N) is 1. The van der Waals surface area contributed by atoms with Gasteiger partial charge in [0.05, 0.1) is 20.6 Å². The first-order chi connectivity index (χ1) is 3.50. The van der Waals surface area contributed by atoms with Gasteiger partial charge in [0.2, 0.25) is 0 Å². The van der Waals surface area contributed by atoms with Crippen LogP contribution < -0.4 is 11.5 Å². The lowest BCUT2D eigenvalue weighted by Crippen LogP contribution is -2.58. The number of rotatable bonds is 2. The van der Waals surface area contributed by atoms with Gasteiger partial charge in [-0.1, -0.05) is 0 Å². The van der Waals surface area contributed by atoms with Crippen molar-refractivity contribution in [1.82, 2.24) is 0 Å². The quantitative estimate of drug-likeness (QED) is 0.371. The summed E-state index contributed by atoms with van der Waals surface area (Å²) < 4.78 is 0.681. The van der Waals surface area contributed by atoms with Crippen LogP contribution in [0.15, 0.2) is 0 Å². The van der Waals surface area contributed by atoms with Crippen molar-refractivity contribution < 1.29 is 4.48 Å². The molecular weight excluding hydrogens is 102 g/mol. The van der Waals surface area contributed by atoms with Gasteiger partial charge >= 0.3 is 0 Å². The minimum atomic E-state index is -0.250. The average Bonchev–Trinajstić information content (AvgIpc) is 1.67. The van der Waals surface area contributed by atoms with E-state index >= 15 is 0 Å². The second kappa shape index (κ2) is 2.44. The molecule has 0 atom stereocenters. The second-order valence-corrected chi connectivity index (χ2v) is 2.59. The molecule has 0 radical (unpaired) electrons. The van der Waals surface area contributed by atoms with E-state index < -0.39 is 0 Å². The van der Waals surface area contributed by atoms with E-state index in [-0.39, 0.29) is 6.29 Å². The van der Waals surface area contributed by atoms with Gasteiger partial charge in [-0.2, -0.15) is 0 Å². The van der Waals surface area contributed by atoms with Crippen LogP contribution in [0.3, 0.4) is 0 Å². The molecule has 50 valence electrons. The van der Waals surface area contributed by atoms with Crippen molar-refractivity contribution in [1.29, 1.82) is 0 Å². The van der Waals surface area contributed by atoms with Crippen molar-refractivity contribution in [2.24, 2.45) is 11.5 Å². The van der Waals surface area contributed by atoms with Gasteiger partial charge in [0.25, 0.3) is 0 Å². The Kier molecular flexibility index (Phi) is 2.40. The highest BCUT2D eigenvalue weighted by Crippen LogP contribution is 1.93. The summed E-state index contributed by atoms with van der Waals surface area (Å²) in [6.07, 6.45) is -0.250. The Morgan fingerprint density at radius 3 is 1.75 bits per heavy atom. The highest BCUT2D eigenvalue weighted by Gasteiger charge is 2.16. The van der Waals surface area contributed by atoms with Crippen molar-refractivity contribution in [3.63, 3.8) is 0 Å². The van der Waals surface area contributed by atoms with Gasteiger partial charge in [-0.3, -0.25) is 11.5 Å². The standard InChI is InChI=1S/C5H16N3/c1-4-8(2,3)5(6)7/h5H,4,6-7H2,1-3H3/q+1. The van der Waals surface area contributed by atoms with E-state index in [1.807, 2.05) is 14.1 Å². The highest BCUT2D eigenvalue weighted by atomic mass is 15.4. The molecule has 0 aromatic carbocycles. The summed E-state index contributed by atoms with van der Waals surface area (Å²) in [5.41, 5.74) is 10.9. The van der Waals surface area contributed by atoms with Crippen LogP contribution >= 0.6 is 0 Å². The summed E-state index contributed by atoms with van der Waals surface area (Å²) in [5.74, 6) is 0. The zero-order valence-corrected chi connectivity index (χ0v) is 5.89. The first-order valence-electron chi connectivity index (χ1n) is 2.84. The van der Waals surface area contributed by atoms with Crippen LogP contribution in [0.1, 0.15) is 6.92 Å². The summed E-state index contributed by atoms with van der Waals surface area (Å²) in [5, 5.41) is 0. The zero-order valence-electron chi connectivity index (χ0n) is 5.89. The summed E-state index contributed by atoms with van der Waals surface area (Å²) in [7, 11) is 4.01. The van der Waals surface area contributed by atoms with E-state index in [9.17, 15) is 0 Å². The maximum atomic E-state index is 5.43. The topological polar surface area (TPSA) is 52.0 Å². The Balaban J connectivity index is 3.71. The molecule has 4 N–H and O–H groups in total. The predicted octanol–water partition coefficient (Wildman–Crippen LogP) is -0.716. The highest BCUT2D eigenvalue weighted by molar-refractivity contribution is 4.30. The number of nitrogens with two attached hydrogens (primary N) is 2. The lowest BCUT2D eigenvalue weighted by atomic mass is 10.5.